The molecule has 3 N–H and O–H groups in total. The minimum Gasteiger partial charge on any atom is -0.463 e. The molecule has 1 rings (SSSR count). The molecule has 0 bridgehead atoms. The molecule has 0 saturated carbocycles. The molecule has 1 radical (unpaired) electrons. The predicted octanol–water partition coefficient (Wildman–Crippen LogP) is -1.81. The van der Waals surface area contributed by atoms with Gasteiger partial charge in [0.15, 0.2) is 0 Å². The smallest absolute Gasteiger partial charge is 0.302 e. The molecule has 6 heteroatoms. The third-order valence-corrected chi connectivity index (χ3v) is 1.92. The van der Waals surface area contributed by atoms with Crippen LogP contribution in [0.3, 0.4) is 0 Å². The van der Waals surface area contributed by atoms with Gasteiger partial charge in [0, 0.05) is 6.92 Å². The zero-order chi connectivity index (χ0) is 10.7. The van der Waals surface area contributed by atoms with E-state index < -0.39 is 30.4 Å². The summed E-state index contributed by atoms with van der Waals surface area (Å²) in [6, 6.07) is 0. The summed E-state index contributed by atoms with van der Waals surface area (Å²) in [7, 11) is 0. The van der Waals surface area contributed by atoms with E-state index in [1.165, 1.54) is 6.92 Å². The van der Waals surface area contributed by atoms with E-state index in [9.17, 15) is 15.0 Å². The number of aliphatic hydroxyl groups excluding tert-OH is 3. The maximum atomic E-state index is 10.5. The van der Waals surface area contributed by atoms with Crippen LogP contribution in [0, 0.1) is 6.61 Å². The van der Waals surface area contributed by atoms with Crippen LogP contribution in [0.15, 0.2) is 0 Å². The lowest BCUT2D eigenvalue weighted by atomic mass is 10.0. The van der Waals surface area contributed by atoms with Gasteiger partial charge in [0.05, 0.1) is 0 Å². The molecule has 81 valence electrons. The Morgan fingerprint density at radius 3 is 2.64 bits per heavy atom. The Kier molecular flexibility index (Phi) is 3.82. The van der Waals surface area contributed by atoms with Gasteiger partial charge < -0.3 is 24.8 Å². The zero-order valence-electron chi connectivity index (χ0n) is 7.66. The van der Waals surface area contributed by atoms with Gasteiger partial charge in [0.2, 0.25) is 0 Å². The Labute approximate surface area is 81.1 Å². The van der Waals surface area contributed by atoms with E-state index >= 15 is 0 Å². The van der Waals surface area contributed by atoms with Gasteiger partial charge in [-0.15, -0.1) is 0 Å². The van der Waals surface area contributed by atoms with Crippen LogP contribution in [0.25, 0.3) is 0 Å². The van der Waals surface area contributed by atoms with Crippen LogP contribution >= 0.6 is 0 Å². The first-order valence-corrected chi connectivity index (χ1v) is 4.18. The topological polar surface area (TPSA) is 96.2 Å². The molecule has 0 spiro atoms. The Bertz CT molecular complexity index is 206. The highest BCUT2D eigenvalue weighted by molar-refractivity contribution is 5.65. The van der Waals surface area contributed by atoms with Gasteiger partial charge in [0.25, 0.3) is 0 Å². The standard InChI is InChI=1S/C8H13O6/c1-4(9)13-3-6-8(12)7(11)5(10)2-14-6/h2,5-8,10-12H,3H2,1H3/t5-,6-,7+,8-/m1/s1. The number of aliphatic hydroxyl groups is 3. The van der Waals surface area contributed by atoms with Crippen LogP contribution in [-0.4, -0.2) is 52.3 Å². The van der Waals surface area contributed by atoms with Crippen LogP contribution in [0.2, 0.25) is 0 Å². The number of hydrogen-bond donors (Lipinski definition) is 3. The third-order valence-electron chi connectivity index (χ3n) is 1.92. The minimum atomic E-state index is -1.32. The van der Waals surface area contributed by atoms with Crippen LogP contribution < -0.4 is 0 Å². The van der Waals surface area contributed by atoms with Crippen LogP contribution in [-0.2, 0) is 14.3 Å². The van der Waals surface area contributed by atoms with E-state index in [0.717, 1.165) is 6.61 Å². The summed E-state index contributed by atoms with van der Waals surface area (Å²) >= 11 is 0. The number of hydrogen-bond acceptors (Lipinski definition) is 6. The SMILES string of the molecule is CC(=O)OC[C@H]1O[CH][C@@H](O)[C@H](O)[C@@H]1O. The van der Waals surface area contributed by atoms with Crippen molar-refractivity contribution in [2.24, 2.45) is 0 Å². The van der Waals surface area contributed by atoms with Gasteiger partial charge in [-0.1, -0.05) is 0 Å². The molecule has 0 aromatic rings. The molecule has 1 fully saturated rings. The number of carbonyl (C=O) groups excluding carboxylic acids is 1. The van der Waals surface area contributed by atoms with E-state index in [1.54, 1.807) is 0 Å². The normalized spacial score (nSPS) is 38.0. The molecule has 0 unspecified atom stereocenters. The van der Waals surface area contributed by atoms with Crippen molar-refractivity contribution in [1.29, 1.82) is 0 Å². The average molecular weight is 205 g/mol. The molecule has 1 heterocycles. The Morgan fingerprint density at radius 1 is 1.43 bits per heavy atom. The van der Waals surface area contributed by atoms with Gasteiger partial charge in [-0.2, -0.15) is 0 Å². The molecule has 6 nitrogen and oxygen atoms in total. The largest absolute Gasteiger partial charge is 0.463 e. The number of esters is 1. The van der Waals surface area contributed by atoms with E-state index in [0.29, 0.717) is 0 Å². The van der Waals surface area contributed by atoms with E-state index in [2.05, 4.69) is 4.74 Å². The molecular formula is C8H13O6. The fraction of sp³-hybridized carbons (Fsp3) is 0.750. The Balaban J connectivity index is 2.42. The lowest BCUT2D eigenvalue weighted by Crippen LogP contribution is -2.52. The highest BCUT2D eigenvalue weighted by Gasteiger charge is 2.38. The highest BCUT2D eigenvalue weighted by atomic mass is 16.6. The minimum absolute atomic E-state index is 0.156. The number of carbonyl (C=O) groups is 1. The monoisotopic (exact) mass is 205 g/mol. The van der Waals surface area contributed by atoms with Crippen molar-refractivity contribution in [3.8, 4) is 0 Å². The summed E-state index contributed by atoms with van der Waals surface area (Å²) in [4.78, 5) is 10.5. The number of rotatable bonds is 2. The van der Waals surface area contributed by atoms with Crippen molar-refractivity contribution < 1.29 is 29.6 Å². The molecule has 0 aromatic carbocycles. The summed E-state index contributed by atoms with van der Waals surface area (Å²) in [5.74, 6) is -0.499. The maximum absolute atomic E-state index is 10.5. The molecule has 1 saturated heterocycles. The second kappa shape index (κ2) is 4.70. The van der Waals surface area contributed by atoms with Gasteiger partial charge >= 0.3 is 5.97 Å². The molecule has 0 aromatic heterocycles. The van der Waals surface area contributed by atoms with Crippen molar-refractivity contribution in [3.63, 3.8) is 0 Å². The van der Waals surface area contributed by atoms with Crippen molar-refractivity contribution >= 4 is 5.97 Å². The lowest BCUT2D eigenvalue weighted by molar-refractivity contribution is -0.179. The molecule has 1 aliphatic heterocycles. The molecule has 0 aliphatic carbocycles. The van der Waals surface area contributed by atoms with Crippen molar-refractivity contribution in [3.05, 3.63) is 6.61 Å². The molecule has 0 amide bonds. The summed E-state index contributed by atoms with van der Waals surface area (Å²) in [5, 5.41) is 27.6. The summed E-state index contributed by atoms with van der Waals surface area (Å²) < 4.78 is 9.46. The molecule has 14 heavy (non-hydrogen) atoms. The maximum Gasteiger partial charge on any atom is 0.302 e. The summed E-state index contributed by atoms with van der Waals surface area (Å²) in [6.45, 7) is 2.08. The van der Waals surface area contributed by atoms with Crippen molar-refractivity contribution in [2.75, 3.05) is 6.61 Å². The second-order valence-electron chi connectivity index (χ2n) is 3.08. The van der Waals surface area contributed by atoms with Crippen LogP contribution in [0.5, 0.6) is 0 Å². The summed E-state index contributed by atoms with van der Waals surface area (Å²) in [6.07, 6.45) is -4.64. The molecular weight excluding hydrogens is 192 g/mol. The lowest BCUT2D eigenvalue weighted by Gasteiger charge is -2.34. The van der Waals surface area contributed by atoms with E-state index in [-0.39, 0.29) is 6.61 Å². The highest BCUT2D eigenvalue weighted by Crippen LogP contribution is 2.18. The first-order valence-electron chi connectivity index (χ1n) is 4.18. The van der Waals surface area contributed by atoms with E-state index in [4.69, 9.17) is 9.84 Å². The van der Waals surface area contributed by atoms with Gasteiger partial charge in [-0.3, -0.25) is 4.79 Å². The fourth-order valence-electron chi connectivity index (χ4n) is 1.10. The third kappa shape index (κ3) is 2.65. The van der Waals surface area contributed by atoms with E-state index in [1.807, 2.05) is 0 Å². The second-order valence-corrected chi connectivity index (χ2v) is 3.08. The van der Waals surface area contributed by atoms with Crippen LogP contribution in [0.4, 0.5) is 0 Å². The average Bonchev–Trinajstić information content (AvgIpc) is 2.13. The summed E-state index contributed by atoms with van der Waals surface area (Å²) in [5.41, 5.74) is 0. The van der Waals surface area contributed by atoms with Gasteiger partial charge in [-0.25, -0.2) is 0 Å². The molecule has 1 aliphatic rings. The van der Waals surface area contributed by atoms with Gasteiger partial charge in [-0.05, 0) is 0 Å². The predicted molar refractivity (Wildman–Crippen MR) is 43.8 cm³/mol. The van der Waals surface area contributed by atoms with Gasteiger partial charge in [0.1, 0.15) is 37.6 Å². The van der Waals surface area contributed by atoms with Crippen molar-refractivity contribution in [1.82, 2.24) is 0 Å². The quantitative estimate of drug-likeness (QED) is 0.460. The molecule has 4 atom stereocenters. The zero-order valence-corrected chi connectivity index (χ0v) is 7.66. The van der Waals surface area contributed by atoms with Crippen LogP contribution in [0.1, 0.15) is 6.92 Å². The Morgan fingerprint density at radius 2 is 2.07 bits per heavy atom. The first-order chi connectivity index (χ1) is 6.52. The van der Waals surface area contributed by atoms with Crippen molar-refractivity contribution in [2.45, 2.75) is 31.3 Å². The Hall–Kier alpha value is -0.690. The fourth-order valence-corrected chi connectivity index (χ4v) is 1.10. The first kappa shape index (κ1) is 11.4. The number of ether oxygens (including phenoxy) is 2.